The Morgan fingerprint density at radius 2 is 1.96 bits per heavy atom. The Hall–Kier alpha value is -1.51. The molecule has 0 aliphatic carbocycles. The number of anilines is 1. The molecule has 0 radical (unpaired) electrons. The van der Waals surface area contributed by atoms with Gasteiger partial charge < -0.3 is 15.0 Å². The van der Waals surface area contributed by atoms with Crippen LogP contribution >= 0.6 is 11.3 Å². The number of carbonyl (C=O) groups is 2. The van der Waals surface area contributed by atoms with Crippen molar-refractivity contribution in [3.05, 3.63) is 10.6 Å². The van der Waals surface area contributed by atoms with E-state index in [4.69, 9.17) is 4.74 Å². The summed E-state index contributed by atoms with van der Waals surface area (Å²) in [7, 11) is 3.39. The molecule has 1 aromatic rings. The van der Waals surface area contributed by atoms with Gasteiger partial charge in [0.2, 0.25) is 5.91 Å². The molecule has 2 atom stereocenters. The Bertz CT molecular complexity index is 577. The van der Waals surface area contributed by atoms with Crippen LogP contribution in [-0.4, -0.2) is 72.5 Å². The van der Waals surface area contributed by atoms with E-state index in [9.17, 15) is 9.59 Å². The van der Waals surface area contributed by atoms with Gasteiger partial charge in [0, 0.05) is 27.2 Å². The van der Waals surface area contributed by atoms with E-state index in [2.05, 4.69) is 15.2 Å². The van der Waals surface area contributed by atoms with Crippen molar-refractivity contribution >= 4 is 28.3 Å². The number of ether oxygens (including phenoxy) is 1. The molecule has 8 heteroatoms. The summed E-state index contributed by atoms with van der Waals surface area (Å²) in [6, 6.07) is 0. The summed E-state index contributed by atoms with van der Waals surface area (Å²) in [6.07, 6.45) is 0.246. The Morgan fingerprint density at radius 3 is 2.52 bits per heavy atom. The highest BCUT2D eigenvalue weighted by Crippen LogP contribution is 2.23. The summed E-state index contributed by atoms with van der Waals surface area (Å²) in [5, 5.41) is 3.25. The molecule has 0 unspecified atom stereocenters. The number of thiazole rings is 1. The lowest BCUT2D eigenvalue weighted by Gasteiger charge is -2.34. The monoisotopic (exact) mass is 340 g/mol. The van der Waals surface area contributed by atoms with E-state index < -0.39 is 0 Å². The Labute approximate surface area is 140 Å². The molecule has 1 saturated heterocycles. The highest BCUT2D eigenvalue weighted by Gasteiger charge is 2.24. The predicted molar refractivity (Wildman–Crippen MR) is 89.9 cm³/mol. The molecule has 2 heterocycles. The van der Waals surface area contributed by atoms with E-state index in [1.165, 1.54) is 16.2 Å². The number of nitrogens with one attached hydrogen (secondary N) is 1. The van der Waals surface area contributed by atoms with Gasteiger partial charge in [0.05, 0.1) is 24.4 Å². The van der Waals surface area contributed by atoms with Crippen LogP contribution in [0.5, 0.6) is 0 Å². The molecule has 1 N–H and O–H groups in total. The largest absolute Gasteiger partial charge is 0.373 e. The molecule has 0 aromatic carbocycles. The van der Waals surface area contributed by atoms with Crippen LogP contribution in [0.2, 0.25) is 0 Å². The number of aromatic nitrogens is 1. The zero-order valence-corrected chi connectivity index (χ0v) is 15.1. The van der Waals surface area contributed by atoms with Crippen molar-refractivity contribution in [1.29, 1.82) is 0 Å². The minimum absolute atomic E-state index is 0.101. The molecule has 23 heavy (non-hydrogen) atoms. The molecule has 0 spiro atoms. The molecule has 2 rings (SSSR count). The summed E-state index contributed by atoms with van der Waals surface area (Å²) in [5.41, 5.74) is 0.637. The fourth-order valence-electron chi connectivity index (χ4n) is 2.63. The summed E-state index contributed by atoms with van der Waals surface area (Å²) in [4.78, 5) is 32.6. The Kier molecular flexibility index (Phi) is 5.72. The molecular weight excluding hydrogens is 316 g/mol. The Balaban J connectivity index is 1.95. The van der Waals surface area contributed by atoms with Crippen LogP contribution in [-0.2, 0) is 9.53 Å². The number of rotatable bonds is 4. The summed E-state index contributed by atoms with van der Waals surface area (Å²) in [5.74, 6) is -0.222. The number of nitrogens with zero attached hydrogens (tertiary/aromatic N) is 3. The van der Waals surface area contributed by atoms with Crippen LogP contribution in [0.15, 0.2) is 0 Å². The van der Waals surface area contributed by atoms with Gasteiger partial charge in [-0.1, -0.05) is 11.3 Å². The lowest BCUT2D eigenvalue weighted by Crippen LogP contribution is -2.48. The number of hydrogen-bond acceptors (Lipinski definition) is 6. The maximum Gasteiger partial charge on any atom is 0.265 e. The van der Waals surface area contributed by atoms with Gasteiger partial charge >= 0.3 is 0 Å². The van der Waals surface area contributed by atoms with Gasteiger partial charge in [-0.05, 0) is 20.8 Å². The van der Waals surface area contributed by atoms with Gasteiger partial charge in [0.15, 0.2) is 5.13 Å². The normalized spacial score (nSPS) is 22.0. The minimum Gasteiger partial charge on any atom is -0.373 e. The van der Waals surface area contributed by atoms with Crippen molar-refractivity contribution in [3.63, 3.8) is 0 Å². The van der Waals surface area contributed by atoms with Crippen LogP contribution in [0.4, 0.5) is 5.13 Å². The van der Waals surface area contributed by atoms with Gasteiger partial charge in [0.25, 0.3) is 5.91 Å². The first-order chi connectivity index (χ1) is 10.8. The maximum absolute atomic E-state index is 12.2. The fraction of sp³-hybridized carbons (Fsp3) is 0.667. The van der Waals surface area contributed by atoms with E-state index in [-0.39, 0.29) is 24.0 Å². The number of aryl methyl sites for hydroxylation is 1. The molecular formula is C15H24N4O3S. The number of morpholine rings is 1. The molecule has 7 nitrogen and oxygen atoms in total. The van der Waals surface area contributed by atoms with Crippen molar-refractivity contribution in [2.45, 2.75) is 33.0 Å². The van der Waals surface area contributed by atoms with Gasteiger partial charge in [0.1, 0.15) is 4.88 Å². The number of hydrogen-bond donors (Lipinski definition) is 1. The zero-order valence-electron chi connectivity index (χ0n) is 14.3. The molecule has 1 aliphatic heterocycles. The summed E-state index contributed by atoms with van der Waals surface area (Å²) >= 11 is 1.21. The third-order valence-corrected chi connectivity index (χ3v) is 4.57. The molecule has 1 aromatic heterocycles. The summed E-state index contributed by atoms with van der Waals surface area (Å²) in [6.45, 7) is 7.55. The van der Waals surface area contributed by atoms with Crippen LogP contribution in [0.3, 0.4) is 0 Å². The first-order valence-corrected chi connectivity index (χ1v) is 8.44. The van der Waals surface area contributed by atoms with Crippen molar-refractivity contribution in [2.75, 3.05) is 39.0 Å². The fourth-order valence-corrected chi connectivity index (χ4v) is 3.63. The van der Waals surface area contributed by atoms with Gasteiger partial charge in [-0.2, -0.15) is 0 Å². The maximum atomic E-state index is 12.2. The standard InChI is InChI=1S/C15H24N4O3S/c1-9-6-19(7-10(2)22-9)8-12(20)17-15-16-11(3)13(23-15)14(21)18(4)5/h9-10H,6-8H2,1-5H3,(H,16,17,20)/t9-,10-/m0/s1. The van der Waals surface area contributed by atoms with Crippen LogP contribution in [0, 0.1) is 6.92 Å². The van der Waals surface area contributed by atoms with Crippen molar-refractivity contribution in [1.82, 2.24) is 14.8 Å². The van der Waals surface area contributed by atoms with Crippen molar-refractivity contribution in [2.24, 2.45) is 0 Å². The molecule has 0 saturated carbocycles. The third kappa shape index (κ3) is 4.73. The highest BCUT2D eigenvalue weighted by molar-refractivity contribution is 7.17. The SMILES string of the molecule is Cc1nc(NC(=O)CN2C[C@H](C)O[C@@H](C)C2)sc1C(=O)N(C)C. The smallest absolute Gasteiger partial charge is 0.265 e. The van der Waals surface area contributed by atoms with Crippen LogP contribution < -0.4 is 5.32 Å². The lowest BCUT2D eigenvalue weighted by molar-refractivity contribution is -0.121. The quantitative estimate of drug-likeness (QED) is 0.891. The number of carbonyl (C=O) groups excluding carboxylic acids is 2. The molecule has 0 bridgehead atoms. The second-order valence-corrected chi connectivity index (χ2v) is 7.13. The lowest BCUT2D eigenvalue weighted by atomic mass is 10.2. The van der Waals surface area contributed by atoms with E-state index in [1.807, 2.05) is 13.8 Å². The highest BCUT2D eigenvalue weighted by atomic mass is 32.1. The topological polar surface area (TPSA) is 74.8 Å². The molecule has 2 amide bonds. The predicted octanol–water partition coefficient (Wildman–Crippen LogP) is 1.20. The van der Waals surface area contributed by atoms with Crippen LogP contribution in [0.25, 0.3) is 0 Å². The second-order valence-electron chi connectivity index (χ2n) is 6.13. The third-order valence-electron chi connectivity index (χ3n) is 3.51. The van der Waals surface area contributed by atoms with E-state index >= 15 is 0 Å². The van der Waals surface area contributed by atoms with E-state index in [1.54, 1.807) is 21.0 Å². The first kappa shape index (κ1) is 17.8. The number of amides is 2. The second kappa shape index (κ2) is 7.37. The van der Waals surface area contributed by atoms with Crippen LogP contribution in [0.1, 0.15) is 29.2 Å². The van der Waals surface area contributed by atoms with Gasteiger partial charge in [-0.3, -0.25) is 14.5 Å². The van der Waals surface area contributed by atoms with Gasteiger partial charge in [-0.15, -0.1) is 0 Å². The molecule has 1 fully saturated rings. The zero-order chi connectivity index (χ0) is 17.1. The van der Waals surface area contributed by atoms with Crippen molar-refractivity contribution < 1.29 is 14.3 Å². The average molecular weight is 340 g/mol. The minimum atomic E-state index is -0.121. The average Bonchev–Trinajstić information content (AvgIpc) is 2.76. The molecule has 128 valence electrons. The van der Waals surface area contributed by atoms with Gasteiger partial charge in [-0.25, -0.2) is 4.98 Å². The first-order valence-electron chi connectivity index (χ1n) is 7.63. The summed E-state index contributed by atoms with van der Waals surface area (Å²) < 4.78 is 5.66. The van der Waals surface area contributed by atoms with E-state index in [0.717, 1.165) is 13.1 Å². The van der Waals surface area contributed by atoms with E-state index in [0.29, 0.717) is 22.2 Å². The Morgan fingerprint density at radius 1 is 1.35 bits per heavy atom. The molecule has 1 aliphatic rings. The van der Waals surface area contributed by atoms with Crippen molar-refractivity contribution in [3.8, 4) is 0 Å².